The van der Waals surface area contributed by atoms with Crippen molar-refractivity contribution in [3.63, 3.8) is 0 Å². The summed E-state index contributed by atoms with van der Waals surface area (Å²) in [6.45, 7) is 2.18. The van der Waals surface area contributed by atoms with Gasteiger partial charge in [0.05, 0.1) is 0 Å². The molecule has 0 radical (unpaired) electrons. The summed E-state index contributed by atoms with van der Waals surface area (Å²) < 4.78 is 1.74. The number of hydrogen-bond acceptors (Lipinski definition) is 2. The summed E-state index contributed by atoms with van der Waals surface area (Å²) in [6.07, 6.45) is 4.09. The quantitative estimate of drug-likeness (QED) is 0.803. The highest BCUT2D eigenvalue weighted by Crippen LogP contribution is 2.29. The smallest absolute Gasteiger partial charge is 0.356 e. The minimum atomic E-state index is -0.901. The van der Waals surface area contributed by atoms with Crippen molar-refractivity contribution in [2.24, 2.45) is 13.0 Å². The highest BCUT2D eigenvalue weighted by atomic mass is 16.4. The molecule has 4 nitrogen and oxygen atoms in total. The average Bonchev–Trinajstić information content (AvgIpc) is 2.56. The van der Waals surface area contributed by atoms with Gasteiger partial charge in [0, 0.05) is 18.3 Å². The first-order valence-corrected chi connectivity index (χ1v) is 5.41. The molecule has 1 aromatic rings. The summed E-state index contributed by atoms with van der Waals surface area (Å²) in [4.78, 5) is 11.0. The third kappa shape index (κ3) is 1.64. The monoisotopic (exact) mass is 208 g/mol. The van der Waals surface area contributed by atoms with Gasteiger partial charge in [-0.2, -0.15) is 5.10 Å². The van der Waals surface area contributed by atoms with Crippen LogP contribution >= 0.6 is 0 Å². The second-order valence-corrected chi connectivity index (χ2v) is 4.22. The molecule has 1 aliphatic carbocycles. The zero-order chi connectivity index (χ0) is 11.0. The molecule has 1 N–H and O–H groups in total. The van der Waals surface area contributed by atoms with Gasteiger partial charge in [0.25, 0.3) is 0 Å². The van der Waals surface area contributed by atoms with E-state index >= 15 is 0 Å². The standard InChI is InChI=1S/C11H16N2O2/c1-3-7-4-5-8-9(6-7)13(2)12-10(8)11(14)15/h7H,3-6H2,1-2H3,(H,14,15). The summed E-state index contributed by atoms with van der Waals surface area (Å²) >= 11 is 0. The van der Waals surface area contributed by atoms with Gasteiger partial charge in [-0.1, -0.05) is 13.3 Å². The van der Waals surface area contributed by atoms with Gasteiger partial charge in [-0.05, 0) is 25.2 Å². The predicted octanol–water partition coefficient (Wildman–Crippen LogP) is 1.63. The normalized spacial score (nSPS) is 20.0. The Hall–Kier alpha value is -1.32. The Morgan fingerprint density at radius 3 is 3.00 bits per heavy atom. The Balaban J connectivity index is 2.40. The first kappa shape index (κ1) is 10.2. The average molecular weight is 208 g/mol. The van der Waals surface area contributed by atoms with Crippen molar-refractivity contribution in [2.45, 2.75) is 32.6 Å². The Bertz CT molecular complexity index is 396. The van der Waals surface area contributed by atoms with E-state index in [2.05, 4.69) is 12.0 Å². The van der Waals surface area contributed by atoms with E-state index in [9.17, 15) is 4.79 Å². The molecule has 0 saturated heterocycles. The largest absolute Gasteiger partial charge is 0.476 e. The van der Waals surface area contributed by atoms with E-state index in [0.717, 1.165) is 36.9 Å². The molecule has 0 saturated carbocycles. The van der Waals surface area contributed by atoms with Crippen molar-refractivity contribution in [1.82, 2.24) is 9.78 Å². The third-order valence-corrected chi connectivity index (χ3v) is 3.34. The lowest BCUT2D eigenvalue weighted by molar-refractivity contribution is 0.0688. The molecule has 15 heavy (non-hydrogen) atoms. The maximum absolute atomic E-state index is 11.0. The fourth-order valence-electron chi connectivity index (χ4n) is 2.36. The van der Waals surface area contributed by atoms with Crippen LogP contribution in [-0.4, -0.2) is 20.9 Å². The number of nitrogens with zero attached hydrogens (tertiary/aromatic N) is 2. The van der Waals surface area contributed by atoms with Gasteiger partial charge in [0.1, 0.15) is 0 Å². The van der Waals surface area contributed by atoms with Crippen LogP contribution in [0.25, 0.3) is 0 Å². The van der Waals surface area contributed by atoms with Gasteiger partial charge < -0.3 is 5.11 Å². The van der Waals surface area contributed by atoms with E-state index in [0.29, 0.717) is 5.92 Å². The van der Waals surface area contributed by atoms with E-state index in [4.69, 9.17) is 5.11 Å². The molecule has 0 fully saturated rings. The molecule has 1 aliphatic rings. The minimum absolute atomic E-state index is 0.252. The fourth-order valence-corrected chi connectivity index (χ4v) is 2.36. The molecule has 0 bridgehead atoms. The summed E-state index contributed by atoms with van der Waals surface area (Å²) in [7, 11) is 1.84. The predicted molar refractivity (Wildman–Crippen MR) is 56.0 cm³/mol. The maximum atomic E-state index is 11.0. The number of hydrogen-bond donors (Lipinski definition) is 1. The number of carbonyl (C=O) groups is 1. The molecule has 1 heterocycles. The lowest BCUT2D eigenvalue weighted by atomic mass is 9.85. The zero-order valence-electron chi connectivity index (χ0n) is 9.16. The summed E-state index contributed by atoms with van der Waals surface area (Å²) in [5.41, 5.74) is 2.32. The van der Waals surface area contributed by atoms with Crippen LogP contribution in [0.3, 0.4) is 0 Å². The Morgan fingerprint density at radius 2 is 2.40 bits per heavy atom. The number of aromatic nitrogens is 2. The Labute approximate surface area is 88.9 Å². The summed E-state index contributed by atoms with van der Waals surface area (Å²) in [5, 5.41) is 13.1. The number of fused-ring (bicyclic) bond motifs is 1. The van der Waals surface area contributed by atoms with Crippen LogP contribution in [0.2, 0.25) is 0 Å². The molecule has 0 spiro atoms. The molecule has 1 unspecified atom stereocenters. The van der Waals surface area contributed by atoms with E-state index in [1.165, 1.54) is 0 Å². The number of carboxylic acids is 1. The van der Waals surface area contributed by atoms with Crippen LogP contribution in [-0.2, 0) is 19.9 Å². The van der Waals surface area contributed by atoms with Gasteiger partial charge in [-0.3, -0.25) is 4.68 Å². The van der Waals surface area contributed by atoms with Crippen LogP contribution in [0, 0.1) is 5.92 Å². The topological polar surface area (TPSA) is 55.1 Å². The minimum Gasteiger partial charge on any atom is -0.476 e. The molecular formula is C11H16N2O2. The van der Waals surface area contributed by atoms with Crippen LogP contribution in [0.5, 0.6) is 0 Å². The lowest BCUT2D eigenvalue weighted by Gasteiger charge is -2.21. The molecule has 2 rings (SSSR count). The number of carboxylic acid groups (broad SMARTS) is 1. The van der Waals surface area contributed by atoms with Gasteiger partial charge in [0.2, 0.25) is 0 Å². The molecule has 82 valence electrons. The molecule has 4 heteroatoms. The second kappa shape index (κ2) is 3.68. The van der Waals surface area contributed by atoms with Crippen molar-refractivity contribution in [3.05, 3.63) is 17.0 Å². The van der Waals surface area contributed by atoms with Gasteiger partial charge >= 0.3 is 5.97 Å². The van der Waals surface area contributed by atoms with E-state index < -0.39 is 5.97 Å². The number of rotatable bonds is 2. The molecular weight excluding hydrogens is 192 g/mol. The van der Waals surface area contributed by atoms with Crippen molar-refractivity contribution >= 4 is 5.97 Å². The van der Waals surface area contributed by atoms with Crippen LogP contribution < -0.4 is 0 Å². The molecule has 0 aliphatic heterocycles. The van der Waals surface area contributed by atoms with Gasteiger partial charge in [-0.25, -0.2) is 4.79 Å². The maximum Gasteiger partial charge on any atom is 0.356 e. The van der Waals surface area contributed by atoms with E-state index in [-0.39, 0.29) is 5.69 Å². The molecule has 1 aromatic heterocycles. The lowest BCUT2D eigenvalue weighted by Crippen LogP contribution is -2.16. The zero-order valence-corrected chi connectivity index (χ0v) is 9.16. The van der Waals surface area contributed by atoms with Crippen LogP contribution in [0.15, 0.2) is 0 Å². The SMILES string of the molecule is CCC1CCc2c(C(=O)O)nn(C)c2C1. The summed E-state index contributed by atoms with van der Waals surface area (Å²) in [5.74, 6) is -0.212. The second-order valence-electron chi connectivity index (χ2n) is 4.22. The number of aryl methyl sites for hydroxylation is 1. The van der Waals surface area contributed by atoms with Crippen molar-refractivity contribution < 1.29 is 9.90 Å². The van der Waals surface area contributed by atoms with Crippen LogP contribution in [0.1, 0.15) is 41.5 Å². The molecule has 0 aromatic carbocycles. The molecule has 0 amide bonds. The van der Waals surface area contributed by atoms with Crippen molar-refractivity contribution in [2.75, 3.05) is 0 Å². The number of aromatic carboxylic acids is 1. The Morgan fingerprint density at radius 1 is 1.67 bits per heavy atom. The Kier molecular flexibility index (Phi) is 2.50. The van der Waals surface area contributed by atoms with E-state index in [1.54, 1.807) is 4.68 Å². The van der Waals surface area contributed by atoms with Crippen molar-refractivity contribution in [1.29, 1.82) is 0 Å². The first-order chi connectivity index (χ1) is 7.13. The van der Waals surface area contributed by atoms with Crippen LogP contribution in [0.4, 0.5) is 0 Å². The molecule has 1 atom stereocenters. The highest BCUT2D eigenvalue weighted by molar-refractivity contribution is 5.87. The van der Waals surface area contributed by atoms with Crippen molar-refractivity contribution in [3.8, 4) is 0 Å². The highest BCUT2D eigenvalue weighted by Gasteiger charge is 2.26. The summed E-state index contributed by atoms with van der Waals surface area (Å²) in [6, 6.07) is 0. The van der Waals surface area contributed by atoms with E-state index in [1.807, 2.05) is 7.05 Å². The van der Waals surface area contributed by atoms with Gasteiger partial charge in [0.15, 0.2) is 5.69 Å². The third-order valence-electron chi connectivity index (χ3n) is 3.34. The first-order valence-electron chi connectivity index (χ1n) is 5.41. The fraction of sp³-hybridized carbons (Fsp3) is 0.636. The van der Waals surface area contributed by atoms with Gasteiger partial charge in [-0.15, -0.1) is 0 Å².